The number of nitrogen functional groups attached to an aromatic ring is 1. The Kier molecular flexibility index (Phi) is 1.99. The molecule has 0 amide bonds. The zero-order valence-electron chi connectivity index (χ0n) is 7.42. The lowest BCUT2D eigenvalue weighted by Crippen LogP contribution is -2.11. The van der Waals surface area contributed by atoms with Crippen LogP contribution in [0.1, 0.15) is 5.69 Å². The maximum absolute atomic E-state index is 12.5. The summed E-state index contributed by atoms with van der Waals surface area (Å²) in [6.45, 7) is 0. The number of nitrogens with zero attached hydrogens (tertiary/aromatic N) is 2. The van der Waals surface area contributed by atoms with Gasteiger partial charge in [-0.25, -0.2) is 0 Å². The van der Waals surface area contributed by atoms with Crippen LogP contribution in [0.2, 0.25) is 0 Å². The predicted octanol–water partition coefficient (Wildman–Crippen LogP) is 2.23. The fraction of sp³-hybridized carbons (Fsp3) is 0.111. The molecule has 78 valence electrons. The van der Waals surface area contributed by atoms with E-state index in [9.17, 15) is 13.2 Å². The molecule has 0 aliphatic carbocycles. The van der Waals surface area contributed by atoms with E-state index in [-0.39, 0.29) is 16.6 Å². The summed E-state index contributed by atoms with van der Waals surface area (Å²) in [6.07, 6.45) is -4.51. The third kappa shape index (κ3) is 1.58. The monoisotopic (exact) mass is 213 g/mol. The number of hydrogen-bond donors (Lipinski definition) is 1. The van der Waals surface area contributed by atoms with Crippen molar-refractivity contribution in [2.45, 2.75) is 6.18 Å². The minimum absolute atomic E-state index is 0.00130. The van der Waals surface area contributed by atoms with Gasteiger partial charge in [0.15, 0.2) is 11.5 Å². The van der Waals surface area contributed by atoms with E-state index in [4.69, 9.17) is 5.73 Å². The number of fused-ring (bicyclic) bond motifs is 1. The second-order valence-electron chi connectivity index (χ2n) is 2.98. The van der Waals surface area contributed by atoms with E-state index < -0.39 is 11.9 Å². The van der Waals surface area contributed by atoms with Crippen LogP contribution >= 0.6 is 0 Å². The predicted molar refractivity (Wildman–Crippen MR) is 49.0 cm³/mol. The summed E-state index contributed by atoms with van der Waals surface area (Å²) in [4.78, 5) is 0. The zero-order chi connectivity index (χ0) is 11.1. The van der Waals surface area contributed by atoms with E-state index in [1.54, 1.807) is 6.07 Å². The molecule has 0 saturated carbocycles. The summed E-state index contributed by atoms with van der Waals surface area (Å²) in [5.41, 5.74) is 4.42. The number of benzene rings is 1. The highest BCUT2D eigenvalue weighted by atomic mass is 19.4. The second-order valence-corrected chi connectivity index (χ2v) is 2.98. The molecular weight excluding hydrogens is 207 g/mol. The molecule has 0 bridgehead atoms. The molecule has 2 N–H and O–H groups in total. The van der Waals surface area contributed by atoms with Crippen LogP contribution in [0, 0.1) is 0 Å². The Balaban J connectivity index is 2.84. The third-order valence-corrected chi connectivity index (χ3v) is 1.98. The molecule has 1 aromatic carbocycles. The average molecular weight is 213 g/mol. The Bertz CT molecular complexity index is 507. The molecule has 2 aromatic rings. The van der Waals surface area contributed by atoms with Crippen molar-refractivity contribution >= 4 is 16.6 Å². The van der Waals surface area contributed by atoms with E-state index in [1.807, 2.05) is 0 Å². The molecule has 15 heavy (non-hydrogen) atoms. The van der Waals surface area contributed by atoms with Crippen molar-refractivity contribution in [2.75, 3.05) is 5.73 Å². The number of anilines is 1. The van der Waals surface area contributed by atoms with Gasteiger partial charge in [0.2, 0.25) is 0 Å². The van der Waals surface area contributed by atoms with Crippen molar-refractivity contribution in [3.8, 4) is 0 Å². The SMILES string of the molecule is Nc1nnc(C(F)(F)F)c2ccccc12. The largest absolute Gasteiger partial charge is 0.435 e. The van der Waals surface area contributed by atoms with E-state index >= 15 is 0 Å². The van der Waals surface area contributed by atoms with E-state index in [0.717, 1.165) is 0 Å². The van der Waals surface area contributed by atoms with Gasteiger partial charge in [-0.2, -0.15) is 13.2 Å². The van der Waals surface area contributed by atoms with Gasteiger partial charge in [-0.1, -0.05) is 24.3 Å². The Morgan fingerprint density at radius 2 is 1.60 bits per heavy atom. The number of nitrogens with two attached hydrogens (primary N) is 1. The minimum Gasteiger partial charge on any atom is -0.382 e. The van der Waals surface area contributed by atoms with Crippen LogP contribution in [0.5, 0.6) is 0 Å². The Labute approximate surface area is 82.7 Å². The van der Waals surface area contributed by atoms with Crippen LogP contribution in [0.25, 0.3) is 10.8 Å². The van der Waals surface area contributed by atoms with Gasteiger partial charge >= 0.3 is 6.18 Å². The van der Waals surface area contributed by atoms with Crippen LogP contribution < -0.4 is 5.73 Å². The summed E-state index contributed by atoms with van der Waals surface area (Å²) < 4.78 is 37.5. The average Bonchev–Trinajstić information content (AvgIpc) is 2.17. The standard InChI is InChI=1S/C9H6F3N3/c10-9(11,12)7-5-3-1-2-4-6(5)8(13)15-14-7/h1-4H,(H2,13,15). The van der Waals surface area contributed by atoms with Crippen molar-refractivity contribution in [1.82, 2.24) is 10.2 Å². The van der Waals surface area contributed by atoms with Gasteiger partial charge in [-0.15, -0.1) is 10.2 Å². The van der Waals surface area contributed by atoms with Gasteiger partial charge < -0.3 is 5.73 Å². The van der Waals surface area contributed by atoms with Gasteiger partial charge in [0, 0.05) is 10.8 Å². The first kappa shape index (κ1) is 9.70. The van der Waals surface area contributed by atoms with Crippen molar-refractivity contribution in [3.63, 3.8) is 0 Å². The summed E-state index contributed by atoms with van der Waals surface area (Å²) in [5.74, 6) is -0.00130. The summed E-state index contributed by atoms with van der Waals surface area (Å²) in [6, 6.07) is 5.90. The van der Waals surface area contributed by atoms with Crippen LogP contribution in [0.15, 0.2) is 24.3 Å². The van der Waals surface area contributed by atoms with Crippen LogP contribution in [0.4, 0.5) is 19.0 Å². The first-order valence-corrected chi connectivity index (χ1v) is 4.08. The second kappa shape index (κ2) is 3.08. The van der Waals surface area contributed by atoms with Crippen molar-refractivity contribution in [3.05, 3.63) is 30.0 Å². The lowest BCUT2D eigenvalue weighted by molar-refractivity contribution is -0.140. The number of halogens is 3. The van der Waals surface area contributed by atoms with Gasteiger partial charge in [0.05, 0.1) is 0 Å². The van der Waals surface area contributed by atoms with Crippen molar-refractivity contribution in [1.29, 1.82) is 0 Å². The molecule has 0 aliphatic rings. The normalized spacial score (nSPS) is 11.9. The molecule has 0 atom stereocenters. The fourth-order valence-corrected chi connectivity index (χ4v) is 1.33. The van der Waals surface area contributed by atoms with E-state index in [2.05, 4.69) is 10.2 Å². The van der Waals surface area contributed by atoms with E-state index in [0.29, 0.717) is 0 Å². The highest BCUT2D eigenvalue weighted by Crippen LogP contribution is 2.33. The summed E-state index contributed by atoms with van der Waals surface area (Å²) in [7, 11) is 0. The van der Waals surface area contributed by atoms with Gasteiger partial charge in [-0.3, -0.25) is 0 Å². The van der Waals surface area contributed by atoms with Crippen LogP contribution in [-0.2, 0) is 6.18 Å². The summed E-state index contributed by atoms with van der Waals surface area (Å²) in [5, 5.41) is 6.59. The number of aromatic nitrogens is 2. The first-order valence-electron chi connectivity index (χ1n) is 4.08. The molecule has 0 saturated heterocycles. The van der Waals surface area contributed by atoms with Crippen molar-refractivity contribution < 1.29 is 13.2 Å². The number of rotatable bonds is 0. The van der Waals surface area contributed by atoms with Crippen molar-refractivity contribution in [2.24, 2.45) is 0 Å². The molecule has 1 heterocycles. The van der Waals surface area contributed by atoms with Gasteiger partial charge in [0.25, 0.3) is 0 Å². The highest BCUT2D eigenvalue weighted by Gasteiger charge is 2.35. The maximum atomic E-state index is 12.5. The number of alkyl halides is 3. The smallest absolute Gasteiger partial charge is 0.382 e. The Morgan fingerprint density at radius 3 is 2.20 bits per heavy atom. The molecule has 6 heteroatoms. The van der Waals surface area contributed by atoms with Gasteiger partial charge in [-0.05, 0) is 0 Å². The highest BCUT2D eigenvalue weighted by molar-refractivity contribution is 5.92. The van der Waals surface area contributed by atoms with Gasteiger partial charge in [0.1, 0.15) is 0 Å². The molecule has 0 unspecified atom stereocenters. The van der Waals surface area contributed by atoms with Crippen LogP contribution in [-0.4, -0.2) is 10.2 Å². The molecular formula is C9H6F3N3. The lowest BCUT2D eigenvalue weighted by Gasteiger charge is -2.08. The molecule has 0 aliphatic heterocycles. The molecule has 0 radical (unpaired) electrons. The molecule has 2 rings (SSSR count). The third-order valence-electron chi connectivity index (χ3n) is 1.98. The Hall–Kier alpha value is -1.85. The molecule has 1 aromatic heterocycles. The first-order chi connectivity index (χ1) is 7.00. The zero-order valence-corrected chi connectivity index (χ0v) is 7.42. The fourth-order valence-electron chi connectivity index (χ4n) is 1.33. The topological polar surface area (TPSA) is 51.8 Å². The quantitative estimate of drug-likeness (QED) is 0.730. The Morgan fingerprint density at radius 1 is 1.00 bits per heavy atom. The van der Waals surface area contributed by atoms with Crippen LogP contribution in [0.3, 0.4) is 0 Å². The minimum atomic E-state index is -4.51. The van der Waals surface area contributed by atoms with E-state index in [1.165, 1.54) is 18.2 Å². The molecule has 0 fully saturated rings. The maximum Gasteiger partial charge on any atom is 0.435 e. The molecule has 3 nitrogen and oxygen atoms in total. The summed E-state index contributed by atoms with van der Waals surface area (Å²) >= 11 is 0. The molecule has 0 spiro atoms. The lowest BCUT2D eigenvalue weighted by atomic mass is 10.1. The number of hydrogen-bond acceptors (Lipinski definition) is 3.